The molecule has 3 aromatic carbocycles. The average Bonchev–Trinajstić information content (AvgIpc) is 3.42. The molecular weight excluding hydrogens is 402 g/mol. The minimum absolute atomic E-state index is 0.104. The van der Waals surface area contributed by atoms with Crippen LogP contribution < -0.4 is 10.6 Å². The highest BCUT2D eigenvalue weighted by Crippen LogP contribution is 2.40. The van der Waals surface area contributed by atoms with E-state index in [9.17, 15) is 14.7 Å². The smallest absolute Gasteiger partial charge is 0.256 e. The zero-order valence-electron chi connectivity index (χ0n) is 16.9. The lowest BCUT2D eigenvalue weighted by Gasteiger charge is -2.11. The molecule has 6 nitrogen and oxygen atoms in total. The summed E-state index contributed by atoms with van der Waals surface area (Å²) in [7, 11) is 0. The number of anilines is 2. The lowest BCUT2D eigenvalue weighted by atomic mass is 9.94. The zero-order valence-corrected chi connectivity index (χ0v) is 16.9. The van der Waals surface area contributed by atoms with Gasteiger partial charge in [0, 0.05) is 34.4 Å². The zero-order chi connectivity index (χ0) is 22.1. The number of amides is 2. The molecule has 0 radical (unpaired) electrons. The van der Waals surface area contributed by atoms with Gasteiger partial charge in [0.1, 0.15) is 5.75 Å². The Kier molecular flexibility index (Phi) is 4.80. The van der Waals surface area contributed by atoms with Crippen LogP contribution in [-0.4, -0.2) is 21.9 Å². The number of benzene rings is 3. The van der Waals surface area contributed by atoms with Crippen LogP contribution in [0.15, 0.2) is 85.1 Å². The first-order valence-electron chi connectivity index (χ1n) is 10.1. The molecule has 0 atom stereocenters. The summed E-state index contributed by atoms with van der Waals surface area (Å²) in [6.07, 6.45) is 3.65. The largest absolute Gasteiger partial charge is 0.508 e. The number of rotatable bonds is 4. The molecule has 0 bridgehead atoms. The van der Waals surface area contributed by atoms with Crippen molar-refractivity contribution in [2.45, 2.75) is 0 Å². The minimum Gasteiger partial charge on any atom is -0.508 e. The van der Waals surface area contributed by atoms with Crippen LogP contribution in [0.5, 0.6) is 5.75 Å². The van der Waals surface area contributed by atoms with E-state index in [1.807, 2.05) is 66.9 Å². The molecule has 2 heterocycles. The van der Waals surface area contributed by atoms with E-state index in [2.05, 4.69) is 15.6 Å². The number of fused-ring (bicyclic) bond motifs is 1. The molecule has 4 aromatic rings. The Labute approximate surface area is 184 Å². The van der Waals surface area contributed by atoms with Crippen LogP contribution in [0.25, 0.3) is 22.8 Å². The molecule has 0 saturated carbocycles. The van der Waals surface area contributed by atoms with E-state index < -0.39 is 0 Å². The normalized spacial score (nSPS) is 13.6. The third-order valence-electron chi connectivity index (χ3n) is 5.31. The molecule has 5 rings (SSSR count). The fraction of sp³-hybridized carbons (Fsp3) is 0. The first-order valence-corrected chi connectivity index (χ1v) is 10.1. The summed E-state index contributed by atoms with van der Waals surface area (Å²) >= 11 is 0. The van der Waals surface area contributed by atoms with Gasteiger partial charge in [0.25, 0.3) is 11.8 Å². The number of aromatic hydroxyl groups is 1. The van der Waals surface area contributed by atoms with E-state index in [-0.39, 0.29) is 17.6 Å². The predicted molar refractivity (Wildman–Crippen MR) is 125 cm³/mol. The van der Waals surface area contributed by atoms with Crippen LogP contribution in [0.4, 0.5) is 11.4 Å². The van der Waals surface area contributed by atoms with Gasteiger partial charge in [-0.15, -0.1) is 0 Å². The maximum absolute atomic E-state index is 12.7. The Morgan fingerprint density at radius 2 is 1.75 bits per heavy atom. The highest BCUT2D eigenvalue weighted by atomic mass is 16.3. The molecule has 4 N–H and O–H groups in total. The van der Waals surface area contributed by atoms with E-state index in [0.29, 0.717) is 16.8 Å². The summed E-state index contributed by atoms with van der Waals surface area (Å²) in [4.78, 5) is 28.3. The third kappa shape index (κ3) is 3.65. The average molecular weight is 421 g/mol. The van der Waals surface area contributed by atoms with Crippen LogP contribution in [0.2, 0.25) is 0 Å². The quantitative estimate of drug-likeness (QED) is 0.344. The van der Waals surface area contributed by atoms with Gasteiger partial charge in [-0.2, -0.15) is 0 Å². The van der Waals surface area contributed by atoms with Crippen molar-refractivity contribution < 1.29 is 14.7 Å². The highest BCUT2D eigenvalue weighted by molar-refractivity contribution is 6.36. The monoisotopic (exact) mass is 421 g/mol. The van der Waals surface area contributed by atoms with Gasteiger partial charge in [-0.1, -0.05) is 24.3 Å². The summed E-state index contributed by atoms with van der Waals surface area (Å²) in [5.41, 5.74) is 5.84. The molecule has 0 aliphatic carbocycles. The van der Waals surface area contributed by atoms with E-state index >= 15 is 0 Å². The predicted octanol–water partition coefficient (Wildman–Crippen LogP) is 5.13. The number of aromatic amines is 1. The van der Waals surface area contributed by atoms with Gasteiger partial charge in [0.2, 0.25) is 0 Å². The van der Waals surface area contributed by atoms with E-state index in [4.69, 9.17) is 0 Å². The summed E-state index contributed by atoms with van der Waals surface area (Å²) in [5.74, 6) is -0.323. The van der Waals surface area contributed by atoms with Crippen LogP contribution in [-0.2, 0) is 4.79 Å². The second kappa shape index (κ2) is 7.92. The SMILES string of the molecule is O=C1Nc2cccc(-c3cccc(NC(=O)c4ccc(O)cc4)c3)c2/C1=C/c1ccc[nH]1. The lowest BCUT2D eigenvalue weighted by molar-refractivity contribution is -0.110. The van der Waals surface area contributed by atoms with Gasteiger partial charge in [-0.05, 0) is 71.8 Å². The van der Waals surface area contributed by atoms with Crippen molar-refractivity contribution in [2.24, 2.45) is 0 Å². The second-order valence-corrected chi connectivity index (χ2v) is 7.45. The molecule has 0 unspecified atom stereocenters. The number of hydrogen-bond acceptors (Lipinski definition) is 3. The molecule has 1 aliphatic rings. The molecule has 1 aliphatic heterocycles. The van der Waals surface area contributed by atoms with E-state index in [1.165, 1.54) is 12.1 Å². The molecule has 0 saturated heterocycles. The number of phenols is 1. The van der Waals surface area contributed by atoms with Crippen molar-refractivity contribution in [3.05, 3.63) is 102 Å². The van der Waals surface area contributed by atoms with E-state index in [0.717, 1.165) is 28.1 Å². The molecular formula is C26H19N3O3. The van der Waals surface area contributed by atoms with E-state index in [1.54, 1.807) is 12.1 Å². The van der Waals surface area contributed by atoms with Gasteiger partial charge >= 0.3 is 0 Å². The van der Waals surface area contributed by atoms with Crippen LogP contribution >= 0.6 is 0 Å². The molecule has 156 valence electrons. The Balaban J connectivity index is 1.51. The molecule has 32 heavy (non-hydrogen) atoms. The van der Waals surface area contributed by atoms with Crippen molar-refractivity contribution in [1.29, 1.82) is 0 Å². The standard InChI is InChI=1S/C26H19N3O3/c30-20-11-9-16(10-12-20)25(31)28-19-5-1-4-17(14-19)21-7-2-8-23-24(21)22(26(32)29-23)15-18-6-3-13-27-18/h1-15,27,30H,(H,28,31)(H,29,32)/b22-15-. The number of H-pyrrole nitrogens is 1. The first-order chi connectivity index (χ1) is 15.6. The Hall–Kier alpha value is -4.58. The first kappa shape index (κ1) is 19.4. The molecule has 0 fully saturated rings. The lowest BCUT2D eigenvalue weighted by Crippen LogP contribution is -2.11. The fourth-order valence-corrected chi connectivity index (χ4v) is 3.80. The number of phenolic OH excluding ortho intramolecular Hbond substituents is 1. The number of carbonyl (C=O) groups excluding carboxylic acids is 2. The Morgan fingerprint density at radius 3 is 2.53 bits per heavy atom. The van der Waals surface area contributed by atoms with Crippen molar-refractivity contribution in [2.75, 3.05) is 10.6 Å². The van der Waals surface area contributed by atoms with Crippen LogP contribution in [0, 0.1) is 0 Å². The number of carbonyl (C=O) groups is 2. The van der Waals surface area contributed by atoms with Gasteiger partial charge in [-0.25, -0.2) is 0 Å². The van der Waals surface area contributed by atoms with Gasteiger partial charge < -0.3 is 20.7 Å². The molecule has 1 aromatic heterocycles. The Morgan fingerprint density at radius 1 is 0.938 bits per heavy atom. The van der Waals surface area contributed by atoms with Crippen molar-refractivity contribution in [1.82, 2.24) is 4.98 Å². The van der Waals surface area contributed by atoms with Crippen molar-refractivity contribution >= 4 is 34.8 Å². The highest BCUT2D eigenvalue weighted by Gasteiger charge is 2.27. The van der Waals surface area contributed by atoms with Gasteiger partial charge in [0.05, 0.1) is 5.57 Å². The topological polar surface area (TPSA) is 94.2 Å². The van der Waals surface area contributed by atoms with Crippen LogP contribution in [0.1, 0.15) is 21.6 Å². The van der Waals surface area contributed by atoms with Gasteiger partial charge in [0.15, 0.2) is 0 Å². The number of aromatic nitrogens is 1. The second-order valence-electron chi connectivity index (χ2n) is 7.45. The molecule has 2 amide bonds. The third-order valence-corrected chi connectivity index (χ3v) is 5.31. The molecule has 0 spiro atoms. The summed E-state index contributed by atoms with van der Waals surface area (Å²) in [6, 6.07) is 23.1. The van der Waals surface area contributed by atoms with Crippen LogP contribution in [0.3, 0.4) is 0 Å². The summed E-state index contributed by atoms with van der Waals surface area (Å²) < 4.78 is 0. The number of hydrogen-bond donors (Lipinski definition) is 4. The molecule has 6 heteroatoms. The maximum atomic E-state index is 12.7. The summed E-state index contributed by atoms with van der Waals surface area (Å²) in [6.45, 7) is 0. The Bertz CT molecular complexity index is 1350. The maximum Gasteiger partial charge on any atom is 0.256 e. The van der Waals surface area contributed by atoms with Gasteiger partial charge in [-0.3, -0.25) is 9.59 Å². The van der Waals surface area contributed by atoms with Crippen molar-refractivity contribution in [3.8, 4) is 16.9 Å². The minimum atomic E-state index is -0.274. The van der Waals surface area contributed by atoms with Crippen molar-refractivity contribution in [3.63, 3.8) is 0 Å². The number of nitrogens with one attached hydrogen (secondary N) is 3. The fourth-order valence-electron chi connectivity index (χ4n) is 3.80. The summed E-state index contributed by atoms with van der Waals surface area (Å²) in [5, 5.41) is 15.2.